The van der Waals surface area contributed by atoms with E-state index in [0.29, 0.717) is 12.5 Å². The van der Waals surface area contributed by atoms with Gasteiger partial charge >= 0.3 is 6.03 Å². The molecule has 1 aromatic rings. The summed E-state index contributed by atoms with van der Waals surface area (Å²) < 4.78 is 25.6. The van der Waals surface area contributed by atoms with Crippen LogP contribution in [0.5, 0.6) is 0 Å². The lowest BCUT2D eigenvalue weighted by atomic mass is 10.2. The van der Waals surface area contributed by atoms with Crippen molar-refractivity contribution >= 4 is 17.6 Å². The predicted octanol–water partition coefficient (Wildman–Crippen LogP) is 1.86. The fourth-order valence-electron chi connectivity index (χ4n) is 1.30. The maximum Gasteiger partial charge on any atom is 0.315 e. The third kappa shape index (κ3) is 5.64. The molecule has 110 valence electrons. The van der Waals surface area contributed by atoms with Crippen molar-refractivity contribution < 1.29 is 18.4 Å². The van der Waals surface area contributed by atoms with Crippen molar-refractivity contribution in [3.63, 3.8) is 0 Å². The van der Waals surface area contributed by atoms with E-state index in [1.807, 2.05) is 13.8 Å². The second-order valence-corrected chi connectivity index (χ2v) is 4.63. The zero-order chi connectivity index (χ0) is 15.1. The zero-order valence-corrected chi connectivity index (χ0v) is 11.3. The Morgan fingerprint density at radius 2 is 1.85 bits per heavy atom. The Hall–Kier alpha value is -2.18. The molecule has 0 bridgehead atoms. The van der Waals surface area contributed by atoms with Crippen LogP contribution in [0.2, 0.25) is 0 Å². The van der Waals surface area contributed by atoms with Gasteiger partial charge in [-0.15, -0.1) is 0 Å². The number of nitrogens with one attached hydrogen (secondary N) is 3. The van der Waals surface area contributed by atoms with Gasteiger partial charge in [0.1, 0.15) is 0 Å². The number of carbonyl (C=O) groups excluding carboxylic acids is 2. The van der Waals surface area contributed by atoms with Gasteiger partial charge in [0, 0.05) is 18.3 Å². The van der Waals surface area contributed by atoms with E-state index in [9.17, 15) is 18.4 Å². The number of hydrogen-bond donors (Lipinski definition) is 3. The first-order valence-electron chi connectivity index (χ1n) is 6.15. The Balaban J connectivity index is 2.36. The molecule has 3 N–H and O–H groups in total. The summed E-state index contributed by atoms with van der Waals surface area (Å²) in [5.41, 5.74) is 0.123. The van der Waals surface area contributed by atoms with E-state index in [2.05, 4.69) is 16.0 Å². The Kier molecular flexibility index (Phi) is 5.89. The highest BCUT2D eigenvalue weighted by molar-refractivity contribution is 5.94. The molecule has 3 amide bonds. The van der Waals surface area contributed by atoms with Crippen molar-refractivity contribution in [2.45, 2.75) is 13.8 Å². The molecule has 0 aliphatic carbocycles. The average molecular weight is 285 g/mol. The monoisotopic (exact) mass is 285 g/mol. The number of rotatable bonds is 5. The van der Waals surface area contributed by atoms with Gasteiger partial charge in [0.2, 0.25) is 5.91 Å². The number of hydrogen-bond acceptors (Lipinski definition) is 2. The summed E-state index contributed by atoms with van der Waals surface area (Å²) in [4.78, 5) is 22.8. The van der Waals surface area contributed by atoms with Crippen molar-refractivity contribution in [1.29, 1.82) is 0 Å². The summed E-state index contributed by atoms with van der Waals surface area (Å²) in [5.74, 6) is -2.27. The lowest BCUT2D eigenvalue weighted by molar-refractivity contribution is -0.115. The zero-order valence-electron chi connectivity index (χ0n) is 11.3. The molecule has 0 saturated carbocycles. The minimum Gasteiger partial charge on any atom is -0.338 e. The van der Waals surface area contributed by atoms with Crippen LogP contribution in [-0.2, 0) is 4.79 Å². The molecule has 0 radical (unpaired) electrons. The Labute approximate surface area is 115 Å². The summed E-state index contributed by atoms with van der Waals surface area (Å²) >= 11 is 0. The second kappa shape index (κ2) is 7.42. The summed E-state index contributed by atoms with van der Waals surface area (Å²) in [6.07, 6.45) is 0. The SMILES string of the molecule is CC(C)CNC(=O)NCC(=O)Nc1ccc(F)c(F)c1. The first-order valence-corrected chi connectivity index (χ1v) is 6.15. The second-order valence-electron chi connectivity index (χ2n) is 4.63. The maximum atomic E-state index is 12.9. The van der Waals surface area contributed by atoms with Crippen LogP contribution in [0.4, 0.5) is 19.3 Å². The van der Waals surface area contributed by atoms with Crippen molar-refractivity contribution in [3.05, 3.63) is 29.8 Å². The van der Waals surface area contributed by atoms with Crippen LogP contribution in [-0.4, -0.2) is 25.0 Å². The van der Waals surface area contributed by atoms with E-state index in [-0.39, 0.29) is 12.2 Å². The van der Waals surface area contributed by atoms with Crippen LogP contribution in [0.15, 0.2) is 18.2 Å². The molecule has 5 nitrogen and oxygen atoms in total. The van der Waals surface area contributed by atoms with E-state index in [1.54, 1.807) is 0 Å². The van der Waals surface area contributed by atoms with Crippen molar-refractivity contribution in [1.82, 2.24) is 10.6 Å². The number of urea groups is 1. The van der Waals surface area contributed by atoms with Crippen molar-refractivity contribution in [3.8, 4) is 0 Å². The van der Waals surface area contributed by atoms with Crippen LogP contribution in [0.3, 0.4) is 0 Å². The number of carbonyl (C=O) groups is 2. The molecular formula is C13H17F2N3O2. The Morgan fingerprint density at radius 1 is 1.15 bits per heavy atom. The minimum absolute atomic E-state index is 0.123. The van der Waals surface area contributed by atoms with Gasteiger partial charge < -0.3 is 16.0 Å². The van der Waals surface area contributed by atoms with Gasteiger partial charge in [-0.3, -0.25) is 4.79 Å². The highest BCUT2D eigenvalue weighted by Gasteiger charge is 2.08. The fourth-order valence-corrected chi connectivity index (χ4v) is 1.30. The molecule has 0 unspecified atom stereocenters. The lowest BCUT2D eigenvalue weighted by Crippen LogP contribution is -2.41. The normalized spacial score (nSPS) is 10.2. The summed E-state index contributed by atoms with van der Waals surface area (Å²) in [7, 11) is 0. The van der Waals surface area contributed by atoms with Crippen LogP contribution in [0, 0.1) is 17.6 Å². The first kappa shape index (κ1) is 15.9. The van der Waals surface area contributed by atoms with E-state index >= 15 is 0 Å². The summed E-state index contributed by atoms with van der Waals surface area (Å²) in [6, 6.07) is 2.55. The highest BCUT2D eigenvalue weighted by atomic mass is 19.2. The number of amides is 3. The molecule has 0 atom stereocenters. The first-order chi connectivity index (χ1) is 9.38. The predicted molar refractivity (Wildman–Crippen MR) is 71.2 cm³/mol. The maximum absolute atomic E-state index is 12.9. The highest BCUT2D eigenvalue weighted by Crippen LogP contribution is 2.12. The molecule has 0 saturated heterocycles. The van der Waals surface area contributed by atoms with Gasteiger partial charge in [-0.1, -0.05) is 13.8 Å². The van der Waals surface area contributed by atoms with E-state index in [0.717, 1.165) is 12.1 Å². The molecule has 20 heavy (non-hydrogen) atoms. The van der Waals surface area contributed by atoms with E-state index in [4.69, 9.17) is 0 Å². The lowest BCUT2D eigenvalue weighted by Gasteiger charge is -2.09. The van der Waals surface area contributed by atoms with Crippen LogP contribution >= 0.6 is 0 Å². The van der Waals surface area contributed by atoms with Gasteiger partial charge in [0.05, 0.1) is 6.54 Å². The van der Waals surface area contributed by atoms with Crippen molar-refractivity contribution in [2.24, 2.45) is 5.92 Å². The molecule has 0 fully saturated rings. The molecule has 0 spiro atoms. The molecule has 0 aromatic heterocycles. The van der Waals surface area contributed by atoms with Crippen LogP contribution < -0.4 is 16.0 Å². The molecule has 0 aliphatic heterocycles. The average Bonchev–Trinajstić information content (AvgIpc) is 2.38. The van der Waals surface area contributed by atoms with Gasteiger partial charge in [0.25, 0.3) is 0 Å². The van der Waals surface area contributed by atoms with Crippen LogP contribution in [0.1, 0.15) is 13.8 Å². The standard InChI is InChI=1S/C13H17F2N3O2/c1-8(2)6-16-13(20)17-7-12(19)18-9-3-4-10(14)11(15)5-9/h3-5,8H,6-7H2,1-2H3,(H,18,19)(H2,16,17,20). The minimum atomic E-state index is -1.05. The molecule has 7 heteroatoms. The quantitative estimate of drug-likeness (QED) is 0.773. The molecular weight excluding hydrogens is 268 g/mol. The van der Waals surface area contributed by atoms with Gasteiger partial charge in [-0.2, -0.15) is 0 Å². The van der Waals surface area contributed by atoms with E-state index in [1.165, 1.54) is 6.07 Å². The van der Waals surface area contributed by atoms with Gasteiger partial charge in [-0.05, 0) is 18.1 Å². The summed E-state index contributed by atoms with van der Waals surface area (Å²) in [6.45, 7) is 4.12. The third-order valence-electron chi connectivity index (χ3n) is 2.28. The number of halogens is 2. The Bertz CT molecular complexity index is 493. The smallest absolute Gasteiger partial charge is 0.315 e. The number of benzene rings is 1. The molecule has 1 rings (SSSR count). The Morgan fingerprint density at radius 3 is 2.45 bits per heavy atom. The summed E-state index contributed by atoms with van der Waals surface area (Å²) in [5, 5.41) is 7.27. The van der Waals surface area contributed by atoms with Crippen LogP contribution in [0.25, 0.3) is 0 Å². The largest absolute Gasteiger partial charge is 0.338 e. The topological polar surface area (TPSA) is 70.2 Å². The van der Waals surface area contributed by atoms with Crippen molar-refractivity contribution in [2.75, 3.05) is 18.4 Å². The van der Waals surface area contributed by atoms with E-state index < -0.39 is 23.6 Å². The fraction of sp³-hybridized carbons (Fsp3) is 0.385. The van der Waals surface area contributed by atoms with Gasteiger partial charge in [0.15, 0.2) is 11.6 Å². The third-order valence-corrected chi connectivity index (χ3v) is 2.28. The molecule has 0 aliphatic rings. The molecule has 1 aromatic carbocycles. The number of anilines is 1. The van der Waals surface area contributed by atoms with Gasteiger partial charge in [-0.25, -0.2) is 13.6 Å². The molecule has 0 heterocycles.